The molecule has 0 aliphatic rings. The monoisotopic (exact) mass is 305 g/mol. The van der Waals surface area contributed by atoms with Crippen molar-refractivity contribution in [2.24, 2.45) is 13.0 Å². The number of aryl methyl sites for hydroxylation is 2. The third kappa shape index (κ3) is 3.39. The minimum Gasteiger partial charge on any atom is -0.467 e. The SMILES string of the molecule is Cc1nn(C)c(C)c1CC(C)C(=O)NC(CO)c1ccco1. The molecule has 6 nitrogen and oxygen atoms in total. The van der Waals surface area contributed by atoms with Gasteiger partial charge < -0.3 is 14.8 Å². The number of amides is 1. The summed E-state index contributed by atoms with van der Waals surface area (Å²) < 4.78 is 7.07. The summed E-state index contributed by atoms with van der Waals surface area (Å²) in [5, 5.41) is 16.6. The number of carbonyl (C=O) groups is 1. The second-order valence-corrected chi connectivity index (χ2v) is 5.64. The van der Waals surface area contributed by atoms with Gasteiger partial charge in [-0.15, -0.1) is 0 Å². The summed E-state index contributed by atoms with van der Waals surface area (Å²) in [6.07, 6.45) is 2.14. The molecule has 0 fully saturated rings. The molecule has 0 aliphatic heterocycles. The van der Waals surface area contributed by atoms with Crippen LogP contribution in [0, 0.1) is 19.8 Å². The van der Waals surface area contributed by atoms with Crippen LogP contribution in [0.15, 0.2) is 22.8 Å². The van der Waals surface area contributed by atoms with E-state index in [0.717, 1.165) is 17.0 Å². The van der Waals surface area contributed by atoms with Crippen LogP contribution in [-0.2, 0) is 18.3 Å². The van der Waals surface area contributed by atoms with Gasteiger partial charge in [0, 0.05) is 18.7 Å². The molecular formula is C16H23N3O3. The van der Waals surface area contributed by atoms with Gasteiger partial charge in [-0.05, 0) is 38.0 Å². The molecule has 0 aliphatic carbocycles. The third-order valence-corrected chi connectivity index (χ3v) is 4.00. The molecule has 2 aromatic heterocycles. The molecule has 0 radical (unpaired) electrons. The van der Waals surface area contributed by atoms with Crippen LogP contribution in [0.2, 0.25) is 0 Å². The predicted octanol–water partition coefficient (Wildman–Crippen LogP) is 1.66. The summed E-state index contributed by atoms with van der Waals surface area (Å²) in [5.74, 6) is 0.223. The lowest BCUT2D eigenvalue weighted by Crippen LogP contribution is -2.35. The van der Waals surface area contributed by atoms with E-state index in [2.05, 4.69) is 10.4 Å². The van der Waals surface area contributed by atoms with E-state index in [-0.39, 0.29) is 18.4 Å². The topological polar surface area (TPSA) is 80.3 Å². The van der Waals surface area contributed by atoms with Crippen LogP contribution in [-0.4, -0.2) is 27.4 Å². The van der Waals surface area contributed by atoms with Gasteiger partial charge >= 0.3 is 0 Å². The van der Waals surface area contributed by atoms with Crippen LogP contribution in [0.3, 0.4) is 0 Å². The summed E-state index contributed by atoms with van der Waals surface area (Å²) in [7, 11) is 1.90. The summed E-state index contributed by atoms with van der Waals surface area (Å²) in [6.45, 7) is 5.63. The van der Waals surface area contributed by atoms with Crippen molar-refractivity contribution in [3.63, 3.8) is 0 Å². The summed E-state index contributed by atoms with van der Waals surface area (Å²) in [4.78, 5) is 12.4. The van der Waals surface area contributed by atoms with E-state index in [1.807, 2.05) is 32.5 Å². The number of nitrogens with one attached hydrogen (secondary N) is 1. The van der Waals surface area contributed by atoms with Crippen LogP contribution in [0.1, 0.15) is 35.7 Å². The van der Waals surface area contributed by atoms with Gasteiger partial charge in [0.05, 0.1) is 18.6 Å². The zero-order chi connectivity index (χ0) is 16.3. The maximum absolute atomic E-state index is 12.4. The second-order valence-electron chi connectivity index (χ2n) is 5.64. The number of aromatic nitrogens is 2. The number of furan rings is 1. The smallest absolute Gasteiger partial charge is 0.223 e. The number of hydrogen-bond donors (Lipinski definition) is 2. The number of aliphatic hydroxyl groups is 1. The summed E-state index contributed by atoms with van der Waals surface area (Å²) >= 11 is 0. The molecule has 0 saturated carbocycles. The molecule has 2 unspecified atom stereocenters. The maximum Gasteiger partial charge on any atom is 0.223 e. The van der Waals surface area contributed by atoms with Gasteiger partial charge in [-0.25, -0.2) is 0 Å². The Morgan fingerprint density at radius 1 is 1.50 bits per heavy atom. The van der Waals surface area contributed by atoms with Crippen molar-refractivity contribution in [3.05, 3.63) is 41.1 Å². The van der Waals surface area contributed by atoms with E-state index in [4.69, 9.17) is 4.42 Å². The van der Waals surface area contributed by atoms with Gasteiger partial charge in [-0.1, -0.05) is 6.92 Å². The Kier molecular flexibility index (Phi) is 5.03. The Balaban J connectivity index is 2.03. The lowest BCUT2D eigenvalue weighted by atomic mass is 9.98. The van der Waals surface area contributed by atoms with Crippen LogP contribution < -0.4 is 5.32 Å². The number of nitrogens with zero attached hydrogens (tertiary/aromatic N) is 2. The summed E-state index contributed by atoms with van der Waals surface area (Å²) in [6, 6.07) is 2.96. The molecule has 22 heavy (non-hydrogen) atoms. The van der Waals surface area contributed by atoms with E-state index < -0.39 is 6.04 Å². The van der Waals surface area contributed by atoms with E-state index in [0.29, 0.717) is 12.2 Å². The van der Waals surface area contributed by atoms with Gasteiger partial charge in [0.15, 0.2) is 0 Å². The van der Waals surface area contributed by atoms with Gasteiger partial charge in [-0.3, -0.25) is 9.48 Å². The van der Waals surface area contributed by atoms with Crippen LogP contribution in [0.25, 0.3) is 0 Å². The molecule has 2 rings (SSSR count). The highest BCUT2D eigenvalue weighted by Crippen LogP contribution is 2.18. The average Bonchev–Trinajstić information content (AvgIpc) is 3.09. The van der Waals surface area contributed by atoms with Crippen LogP contribution >= 0.6 is 0 Å². The quantitative estimate of drug-likeness (QED) is 0.850. The molecule has 0 saturated heterocycles. The molecular weight excluding hydrogens is 282 g/mol. The largest absolute Gasteiger partial charge is 0.467 e. The first-order valence-electron chi connectivity index (χ1n) is 7.37. The number of hydrogen-bond acceptors (Lipinski definition) is 4. The molecule has 120 valence electrons. The Morgan fingerprint density at radius 2 is 2.23 bits per heavy atom. The fourth-order valence-electron chi connectivity index (χ4n) is 2.52. The lowest BCUT2D eigenvalue weighted by Gasteiger charge is -2.18. The fraction of sp³-hybridized carbons (Fsp3) is 0.500. The zero-order valence-electron chi connectivity index (χ0n) is 13.5. The molecule has 0 aromatic carbocycles. The molecule has 1 amide bonds. The molecule has 2 heterocycles. The first-order valence-corrected chi connectivity index (χ1v) is 7.37. The van der Waals surface area contributed by atoms with Crippen molar-refractivity contribution in [2.75, 3.05) is 6.61 Å². The first-order chi connectivity index (χ1) is 10.4. The summed E-state index contributed by atoms with van der Waals surface area (Å²) in [5.41, 5.74) is 3.12. The highest BCUT2D eigenvalue weighted by Gasteiger charge is 2.22. The van der Waals surface area contributed by atoms with Crippen molar-refractivity contribution >= 4 is 5.91 Å². The van der Waals surface area contributed by atoms with E-state index >= 15 is 0 Å². The fourth-order valence-corrected chi connectivity index (χ4v) is 2.52. The Morgan fingerprint density at radius 3 is 2.73 bits per heavy atom. The molecule has 6 heteroatoms. The van der Waals surface area contributed by atoms with Crippen molar-refractivity contribution in [1.82, 2.24) is 15.1 Å². The lowest BCUT2D eigenvalue weighted by molar-refractivity contribution is -0.125. The normalized spacial score (nSPS) is 13.9. The molecule has 2 N–H and O–H groups in total. The Hall–Kier alpha value is -2.08. The van der Waals surface area contributed by atoms with E-state index in [1.165, 1.54) is 6.26 Å². The molecule has 2 aromatic rings. The number of rotatable bonds is 6. The first kappa shape index (κ1) is 16.3. The van der Waals surface area contributed by atoms with Gasteiger partial charge in [0.25, 0.3) is 0 Å². The highest BCUT2D eigenvalue weighted by atomic mass is 16.3. The molecule has 0 spiro atoms. The van der Waals surface area contributed by atoms with Crippen molar-refractivity contribution < 1.29 is 14.3 Å². The van der Waals surface area contributed by atoms with Gasteiger partial charge in [0.2, 0.25) is 5.91 Å². The van der Waals surface area contributed by atoms with Crippen molar-refractivity contribution in [2.45, 2.75) is 33.2 Å². The maximum atomic E-state index is 12.4. The predicted molar refractivity (Wildman–Crippen MR) is 82.2 cm³/mol. The standard InChI is InChI=1S/C16H23N3O3/c1-10(8-13-11(2)18-19(4)12(13)3)16(21)17-14(9-20)15-6-5-7-22-15/h5-7,10,14,20H,8-9H2,1-4H3,(H,17,21). The van der Waals surface area contributed by atoms with Crippen LogP contribution in [0.4, 0.5) is 0 Å². The van der Waals surface area contributed by atoms with Crippen molar-refractivity contribution in [3.8, 4) is 0 Å². The highest BCUT2D eigenvalue weighted by molar-refractivity contribution is 5.79. The number of aliphatic hydroxyl groups excluding tert-OH is 1. The third-order valence-electron chi connectivity index (χ3n) is 4.00. The molecule has 0 bridgehead atoms. The van der Waals surface area contributed by atoms with Gasteiger partial charge in [-0.2, -0.15) is 5.10 Å². The Labute approximate surface area is 130 Å². The average molecular weight is 305 g/mol. The minimum absolute atomic E-state index is 0.113. The number of carbonyl (C=O) groups excluding carboxylic acids is 1. The van der Waals surface area contributed by atoms with Crippen LogP contribution in [0.5, 0.6) is 0 Å². The Bertz CT molecular complexity index is 631. The van der Waals surface area contributed by atoms with Crippen molar-refractivity contribution in [1.29, 1.82) is 0 Å². The molecule has 2 atom stereocenters. The second kappa shape index (κ2) is 6.79. The zero-order valence-corrected chi connectivity index (χ0v) is 13.5. The van der Waals surface area contributed by atoms with E-state index in [9.17, 15) is 9.90 Å². The van der Waals surface area contributed by atoms with E-state index in [1.54, 1.807) is 12.1 Å². The minimum atomic E-state index is -0.513. The van der Waals surface area contributed by atoms with Gasteiger partial charge in [0.1, 0.15) is 11.8 Å².